The topological polar surface area (TPSA) is 58.6 Å². The number of nitrogens with one attached hydrogen (secondary N) is 1. The lowest BCUT2D eigenvalue weighted by Gasteiger charge is -2.20. The van der Waals surface area contributed by atoms with Gasteiger partial charge in [-0.25, -0.2) is 0 Å². The lowest BCUT2D eigenvalue weighted by atomic mass is 10.4. The molecular formula is C7H18N2O3S. The highest BCUT2D eigenvalue weighted by Gasteiger charge is 2.18. The lowest BCUT2D eigenvalue weighted by Crippen LogP contribution is -2.42. The van der Waals surface area contributed by atoms with Gasteiger partial charge in [-0.05, 0) is 13.8 Å². The summed E-state index contributed by atoms with van der Waals surface area (Å²) in [6, 6.07) is -0.0416. The van der Waals surface area contributed by atoms with Crippen molar-refractivity contribution in [3.05, 3.63) is 0 Å². The van der Waals surface area contributed by atoms with Gasteiger partial charge in [-0.1, -0.05) is 0 Å². The fourth-order valence-corrected chi connectivity index (χ4v) is 1.75. The van der Waals surface area contributed by atoms with Gasteiger partial charge in [0.25, 0.3) is 10.2 Å². The van der Waals surface area contributed by atoms with E-state index in [-0.39, 0.29) is 6.04 Å². The first-order valence-corrected chi connectivity index (χ1v) is 5.57. The van der Waals surface area contributed by atoms with Crippen LogP contribution in [0.3, 0.4) is 0 Å². The molecule has 0 unspecified atom stereocenters. The van der Waals surface area contributed by atoms with E-state index >= 15 is 0 Å². The molecule has 0 aliphatic carbocycles. The van der Waals surface area contributed by atoms with Gasteiger partial charge in [0, 0.05) is 26.7 Å². The molecule has 0 aromatic rings. The molecule has 0 bridgehead atoms. The molecule has 0 saturated heterocycles. The molecule has 0 radical (unpaired) electrons. The average Bonchev–Trinajstić information content (AvgIpc) is 2.03. The molecule has 0 fully saturated rings. The quantitative estimate of drug-likeness (QED) is 0.618. The Bertz CT molecular complexity index is 226. The second-order valence-corrected chi connectivity index (χ2v) is 4.82. The van der Waals surface area contributed by atoms with E-state index in [2.05, 4.69) is 4.72 Å². The molecule has 0 amide bonds. The van der Waals surface area contributed by atoms with Crippen LogP contribution in [-0.4, -0.2) is 46.1 Å². The van der Waals surface area contributed by atoms with Crippen LogP contribution in [0.15, 0.2) is 0 Å². The van der Waals surface area contributed by atoms with E-state index in [0.29, 0.717) is 13.2 Å². The fraction of sp³-hybridized carbons (Fsp3) is 1.00. The molecule has 0 aromatic heterocycles. The van der Waals surface area contributed by atoms with Crippen LogP contribution in [0, 0.1) is 0 Å². The van der Waals surface area contributed by atoms with Crippen LogP contribution in [0.5, 0.6) is 0 Å². The second kappa shape index (κ2) is 5.54. The summed E-state index contributed by atoms with van der Waals surface area (Å²) in [7, 11) is -0.259. The van der Waals surface area contributed by atoms with Gasteiger partial charge in [0.1, 0.15) is 0 Å². The molecule has 0 aliphatic rings. The monoisotopic (exact) mass is 210 g/mol. The van der Waals surface area contributed by atoms with E-state index in [9.17, 15) is 8.42 Å². The predicted molar refractivity (Wildman–Crippen MR) is 51.7 cm³/mol. The van der Waals surface area contributed by atoms with E-state index < -0.39 is 10.2 Å². The maximum Gasteiger partial charge on any atom is 0.279 e. The Balaban J connectivity index is 4.08. The van der Waals surface area contributed by atoms with Crippen molar-refractivity contribution in [2.24, 2.45) is 0 Å². The minimum atomic E-state index is -3.33. The highest BCUT2D eigenvalue weighted by atomic mass is 32.2. The first-order chi connectivity index (χ1) is 5.91. The maximum atomic E-state index is 11.4. The van der Waals surface area contributed by atoms with Crippen molar-refractivity contribution in [3.8, 4) is 0 Å². The van der Waals surface area contributed by atoms with Gasteiger partial charge in [0.15, 0.2) is 0 Å². The maximum absolute atomic E-state index is 11.4. The average molecular weight is 210 g/mol. The Morgan fingerprint density at radius 1 is 1.46 bits per heavy atom. The SMILES string of the molecule is COCCNS(=O)(=O)N(C)C(C)C. The zero-order valence-electron chi connectivity index (χ0n) is 8.57. The summed E-state index contributed by atoms with van der Waals surface area (Å²) in [6.07, 6.45) is 0. The van der Waals surface area contributed by atoms with Gasteiger partial charge in [-0.3, -0.25) is 0 Å². The summed E-state index contributed by atoms with van der Waals surface area (Å²) in [5.74, 6) is 0. The van der Waals surface area contributed by atoms with Crippen molar-refractivity contribution in [2.75, 3.05) is 27.3 Å². The zero-order valence-corrected chi connectivity index (χ0v) is 9.39. The Labute approximate surface area is 80.2 Å². The third kappa shape index (κ3) is 4.56. The molecular weight excluding hydrogens is 192 g/mol. The molecule has 0 atom stereocenters. The summed E-state index contributed by atoms with van der Waals surface area (Å²) < 4.78 is 31.2. The molecule has 0 spiro atoms. The van der Waals surface area contributed by atoms with Gasteiger partial charge in [0.2, 0.25) is 0 Å². The lowest BCUT2D eigenvalue weighted by molar-refractivity contribution is 0.203. The van der Waals surface area contributed by atoms with Crippen LogP contribution in [0.4, 0.5) is 0 Å². The summed E-state index contributed by atoms with van der Waals surface area (Å²) in [5, 5.41) is 0. The van der Waals surface area contributed by atoms with Crippen LogP contribution in [0.1, 0.15) is 13.8 Å². The van der Waals surface area contributed by atoms with Crippen LogP contribution in [-0.2, 0) is 14.9 Å². The molecule has 0 rings (SSSR count). The summed E-state index contributed by atoms with van der Waals surface area (Å²) in [5.41, 5.74) is 0. The first-order valence-electron chi connectivity index (χ1n) is 4.13. The van der Waals surface area contributed by atoms with Crippen molar-refractivity contribution >= 4 is 10.2 Å². The van der Waals surface area contributed by atoms with Gasteiger partial charge in [0.05, 0.1) is 6.61 Å². The molecule has 5 nitrogen and oxygen atoms in total. The van der Waals surface area contributed by atoms with E-state index in [1.54, 1.807) is 7.05 Å². The number of nitrogens with zero attached hydrogens (tertiary/aromatic N) is 1. The third-order valence-electron chi connectivity index (χ3n) is 1.70. The fourth-order valence-electron chi connectivity index (χ4n) is 0.652. The standard InChI is InChI=1S/C7H18N2O3S/c1-7(2)9(3)13(10,11)8-5-6-12-4/h7-8H,5-6H2,1-4H3. The van der Waals surface area contributed by atoms with E-state index in [1.807, 2.05) is 13.8 Å². The normalized spacial score (nSPS) is 12.8. The summed E-state index contributed by atoms with van der Waals surface area (Å²) in [4.78, 5) is 0. The Hall–Kier alpha value is -0.170. The van der Waals surface area contributed by atoms with Gasteiger partial charge < -0.3 is 4.74 Å². The number of rotatable bonds is 6. The third-order valence-corrected chi connectivity index (χ3v) is 3.45. The molecule has 80 valence electrons. The van der Waals surface area contributed by atoms with Crippen molar-refractivity contribution in [1.82, 2.24) is 9.03 Å². The van der Waals surface area contributed by atoms with Gasteiger partial charge >= 0.3 is 0 Å². The molecule has 1 N–H and O–H groups in total. The highest BCUT2D eigenvalue weighted by molar-refractivity contribution is 7.87. The predicted octanol–water partition coefficient (Wildman–Crippen LogP) is -0.193. The molecule has 13 heavy (non-hydrogen) atoms. The van der Waals surface area contributed by atoms with Crippen molar-refractivity contribution in [2.45, 2.75) is 19.9 Å². The molecule has 6 heteroatoms. The Morgan fingerprint density at radius 2 is 2.00 bits per heavy atom. The van der Waals surface area contributed by atoms with Crippen LogP contribution in [0.2, 0.25) is 0 Å². The largest absolute Gasteiger partial charge is 0.383 e. The zero-order chi connectivity index (χ0) is 10.5. The number of ether oxygens (including phenoxy) is 1. The number of methoxy groups -OCH3 is 1. The Morgan fingerprint density at radius 3 is 2.38 bits per heavy atom. The Kier molecular flexibility index (Phi) is 5.46. The molecule has 0 aliphatic heterocycles. The minimum absolute atomic E-state index is 0.0416. The molecule has 0 heterocycles. The van der Waals surface area contributed by atoms with Crippen molar-refractivity contribution in [3.63, 3.8) is 0 Å². The number of hydrogen-bond acceptors (Lipinski definition) is 3. The van der Waals surface area contributed by atoms with Crippen molar-refractivity contribution in [1.29, 1.82) is 0 Å². The van der Waals surface area contributed by atoms with Crippen LogP contribution >= 0.6 is 0 Å². The van der Waals surface area contributed by atoms with Gasteiger partial charge in [-0.15, -0.1) is 0 Å². The van der Waals surface area contributed by atoms with E-state index in [4.69, 9.17) is 4.74 Å². The van der Waals surface area contributed by atoms with Crippen LogP contribution in [0.25, 0.3) is 0 Å². The summed E-state index contributed by atoms with van der Waals surface area (Å²) >= 11 is 0. The first kappa shape index (κ1) is 12.8. The minimum Gasteiger partial charge on any atom is -0.383 e. The second-order valence-electron chi connectivity index (χ2n) is 3.00. The smallest absolute Gasteiger partial charge is 0.279 e. The van der Waals surface area contributed by atoms with Crippen molar-refractivity contribution < 1.29 is 13.2 Å². The molecule has 0 saturated carbocycles. The van der Waals surface area contributed by atoms with Gasteiger partial charge in [-0.2, -0.15) is 17.4 Å². The number of hydrogen-bond donors (Lipinski definition) is 1. The van der Waals surface area contributed by atoms with E-state index in [1.165, 1.54) is 11.4 Å². The van der Waals surface area contributed by atoms with Crippen LogP contribution < -0.4 is 4.72 Å². The highest BCUT2D eigenvalue weighted by Crippen LogP contribution is 1.99. The summed E-state index contributed by atoms with van der Waals surface area (Å²) in [6.45, 7) is 4.31. The molecule has 0 aromatic carbocycles. The van der Waals surface area contributed by atoms with E-state index in [0.717, 1.165) is 0 Å².